The molecule has 3 heteroatoms. The van der Waals surface area contributed by atoms with Crippen LogP contribution in [0.2, 0.25) is 0 Å². The molecule has 1 aromatic carbocycles. The molecule has 0 aliphatic rings. The molecule has 0 spiro atoms. The van der Waals surface area contributed by atoms with Crippen molar-refractivity contribution in [1.82, 2.24) is 9.97 Å². The quantitative estimate of drug-likeness (QED) is 0.645. The van der Waals surface area contributed by atoms with Gasteiger partial charge in [0.1, 0.15) is 5.52 Å². The number of para-hydroxylation sites is 1. The smallest absolute Gasteiger partial charge is 0.150 e. The summed E-state index contributed by atoms with van der Waals surface area (Å²) in [5.41, 5.74) is 8.87. The summed E-state index contributed by atoms with van der Waals surface area (Å²) in [6, 6.07) is 10.2. The molecular weight excluding hydrogens is 210 g/mol. The summed E-state index contributed by atoms with van der Waals surface area (Å²) in [6.45, 7) is 2.12. The van der Waals surface area contributed by atoms with Crippen LogP contribution < -0.4 is 5.73 Å². The largest absolute Gasteiger partial charge is 0.382 e. The van der Waals surface area contributed by atoms with Crippen molar-refractivity contribution in [3.8, 4) is 0 Å². The van der Waals surface area contributed by atoms with Gasteiger partial charge < -0.3 is 5.73 Å². The maximum atomic E-state index is 5.94. The monoisotopic (exact) mass is 223 g/mol. The van der Waals surface area contributed by atoms with E-state index in [9.17, 15) is 0 Å². The molecule has 3 rings (SSSR count). The highest BCUT2D eigenvalue weighted by atomic mass is 14.9. The summed E-state index contributed by atoms with van der Waals surface area (Å²) >= 11 is 0. The van der Waals surface area contributed by atoms with Gasteiger partial charge in [0.15, 0.2) is 5.82 Å². The Balaban J connectivity index is 2.52. The topological polar surface area (TPSA) is 51.8 Å². The number of nitrogens with two attached hydrogens (primary N) is 1. The Hall–Kier alpha value is -2.16. The Labute approximate surface area is 99.3 Å². The van der Waals surface area contributed by atoms with Crippen LogP contribution in [0.1, 0.15) is 12.5 Å². The number of nitrogens with zero attached hydrogens (tertiary/aromatic N) is 2. The van der Waals surface area contributed by atoms with Crippen molar-refractivity contribution >= 4 is 27.6 Å². The highest BCUT2D eigenvalue weighted by Crippen LogP contribution is 2.26. The number of hydrogen-bond donors (Lipinski definition) is 1. The lowest BCUT2D eigenvalue weighted by molar-refractivity contribution is 1.12. The molecule has 2 aromatic heterocycles. The molecule has 2 N–H and O–H groups in total. The first-order valence-electron chi connectivity index (χ1n) is 5.72. The SMILES string of the molecule is CCc1cnc2c(N)nc3ccccc3c2c1. The van der Waals surface area contributed by atoms with Crippen molar-refractivity contribution < 1.29 is 0 Å². The fraction of sp³-hybridized carbons (Fsp3) is 0.143. The third kappa shape index (κ3) is 1.51. The van der Waals surface area contributed by atoms with Gasteiger partial charge in [-0.2, -0.15) is 0 Å². The zero-order valence-corrected chi connectivity index (χ0v) is 9.64. The summed E-state index contributed by atoms with van der Waals surface area (Å²) in [7, 11) is 0. The normalized spacial score (nSPS) is 11.1. The van der Waals surface area contributed by atoms with E-state index in [0.29, 0.717) is 5.82 Å². The van der Waals surface area contributed by atoms with Gasteiger partial charge >= 0.3 is 0 Å². The Bertz CT molecular complexity index is 704. The molecule has 0 amide bonds. The van der Waals surface area contributed by atoms with Crippen LogP contribution in [0.4, 0.5) is 5.82 Å². The van der Waals surface area contributed by atoms with Crippen molar-refractivity contribution in [1.29, 1.82) is 0 Å². The minimum atomic E-state index is 0.501. The van der Waals surface area contributed by atoms with Gasteiger partial charge in [-0.3, -0.25) is 4.98 Å². The summed E-state index contributed by atoms with van der Waals surface area (Å²) in [4.78, 5) is 8.79. The number of nitrogen functional groups attached to an aromatic ring is 1. The van der Waals surface area contributed by atoms with E-state index in [2.05, 4.69) is 29.0 Å². The molecule has 0 aliphatic carbocycles. The molecule has 3 aromatic rings. The van der Waals surface area contributed by atoms with Crippen LogP contribution in [-0.4, -0.2) is 9.97 Å². The number of anilines is 1. The number of pyridine rings is 2. The van der Waals surface area contributed by atoms with Crippen molar-refractivity contribution in [3.05, 3.63) is 42.1 Å². The summed E-state index contributed by atoms with van der Waals surface area (Å²) in [5, 5.41) is 2.20. The molecule has 84 valence electrons. The molecule has 0 radical (unpaired) electrons. The second-order valence-electron chi connectivity index (χ2n) is 4.11. The molecule has 2 heterocycles. The maximum absolute atomic E-state index is 5.94. The van der Waals surface area contributed by atoms with E-state index in [-0.39, 0.29) is 0 Å². The van der Waals surface area contributed by atoms with Crippen LogP contribution in [0, 0.1) is 0 Å². The molecule has 0 saturated heterocycles. The average molecular weight is 223 g/mol. The molecule has 0 fully saturated rings. The predicted molar refractivity (Wildman–Crippen MR) is 70.8 cm³/mol. The maximum Gasteiger partial charge on any atom is 0.150 e. The molecule has 0 atom stereocenters. The first-order valence-corrected chi connectivity index (χ1v) is 5.72. The summed E-state index contributed by atoms with van der Waals surface area (Å²) in [6.07, 6.45) is 2.84. The Morgan fingerprint density at radius 3 is 2.82 bits per heavy atom. The van der Waals surface area contributed by atoms with Gasteiger partial charge in [-0.25, -0.2) is 4.98 Å². The number of hydrogen-bond acceptors (Lipinski definition) is 3. The zero-order chi connectivity index (χ0) is 11.8. The number of fused-ring (bicyclic) bond motifs is 3. The predicted octanol–water partition coefficient (Wildman–Crippen LogP) is 2.93. The van der Waals surface area contributed by atoms with Gasteiger partial charge in [-0.05, 0) is 24.1 Å². The Kier molecular flexibility index (Phi) is 2.18. The standard InChI is InChI=1S/C14H13N3/c1-2-9-7-11-10-5-3-4-6-12(10)17-14(15)13(11)16-8-9/h3-8H,2H2,1H3,(H2,15,17). The number of aryl methyl sites for hydroxylation is 1. The summed E-state index contributed by atoms with van der Waals surface area (Å²) < 4.78 is 0. The van der Waals surface area contributed by atoms with Crippen molar-refractivity contribution in [3.63, 3.8) is 0 Å². The first kappa shape index (κ1) is 10.0. The van der Waals surface area contributed by atoms with E-state index >= 15 is 0 Å². The molecule has 0 aliphatic heterocycles. The van der Waals surface area contributed by atoms with Crippen molar-refractivity contribution in [2.24, 2.45) is 0 Å². The van der Waals surface area contributed by atoms with Gasteiger partial charge in [-0.1, -0.05) is 25.1 Å². The molecular formula is C14H13N3. The number of rotatable bonds is 1. The van der Waals surface area contributed by atoms with E-state index < -0.39 is 0 Å². The first-order chi connectivity index (χ1) is 8.29. The van der Waals surface area contributed by atoms with Gasteiger partial charge in [0.25, 0.3) is 0 Å². The van der Waals surface area contributed by atoms with Crippen LogP contribution in [0.3, 0.4) is 0 Å². The average Bonchev–Trinajstić information content (AvgIpc) is 2.38. The second-order valence-corrected chi connectivity index (χ2v) is 4.11. The van der Waals surface area contributed by atoms with Gasteiger partial charge in [0, 0.05) is 17.0 Å². The van der Waals surface area contributed by atoms with Crippen LogP contribution in [0.25, 0.3) is 21.8 Å². The van der Waals surface area contributed by atoms with Gasteiger partial charge in [0.2, 0.25) is 0 Å². The Morgan fingerprint density at radius 1 is 1.18 bits per heavy atom. The highest BCUT2D eigenvalue weighted by Gasteiger charge is 2.07. The molecule has 0 saturated carbocycles. The minimum absolute atomic E-state index is 0.501. The van der Waals surface area contributed by atoms with E-state index in [4.69, 9.17) is 5.73 Å². The van der Waals surface area contributed by atoms with Crippen LogP contribution in [0.15, 0.2) is 36.5 Å². The second kappa shape index (κ2) is 3.70. The lowest BCUT2D eigenvalue weighted by atomic mass is 10.1. The highest BCUT2D eigenvalue weighted by molar-refractivity contribution is 6.08. The minimum Gasteiger partial charge on any atom is -0.382 e. The van der Waals surface area contributed by atoms with Crippen LogP contribution in [-0.2, 0) is 6.42 Å². The molecule has 3 nitrogen and oxygen atoms in total. The Morgan fingerprint density at radius 2 is 2.00 bits per heavy atom. The number of benzene rings is 1. The molecule has 0 unspecified atom stereocenters. The van der Waals surface area contributed by atoms with E-state index in [1.807, 2.05) is 24.4 Å². The van der Waals surface area contributed by atoms with Crippen LogP contribution >= 0.6 is 0 Å². The molecule has 17 heavy (non-hydrogen) atoms. The van der Waals surface area contributed by atoms with E-state index in [1.54, 1.807) is 0 Å². The fourth-order valence-corrected chi connectivity index (χ4v) is 2.09. The van der Waals surface area contributed by atoms with Gasteiger partial charge in [0.05, 0.1) is 5.52 Å². The van der Waals surface area contributed by atoms with Crippen LogP contribution in [0.5, 0.6) is 0 Å². The third-order valence-corrected chi connectivity index (χ3v) is 3.03. The third-order valence-electron chi connectivity index (χ3n) is 3.03. The van der Waals surface area contributed by atoms with E-state index in [0.717, 1.165) is 28.2 Å². The van der Waals surface area contributed by atoms with Crippen molar-refractivity contribution in [2.75, 3.05) is 5.73 Å². The lowest BCUT2D eigenvalue weighted by Crippen LogP contribution is -1.96. The number of aromatic nitrogens is 2. The van der Waals surface area contributed by atoms with E-state index in [1.165, 1.54) is 5.56 Å². The van der Waals surface area contributed by atoms with Crippen molar-refractivity contribution in [2.45, 2.75) is 13.3 Å². The molecule has 0 bridgehead atoms. The summed E-state index contributed by atoms with van der Waals surface area (Å²) in [5.74, 6) is 0.501. The zero-order valence-electron chi connectivity index (χ0n) is 9.64. The van der Waals surface area contributed by atoms with Gasteiger partial charge in [-0.15, -0.1) is 0 Å². The fourth-order valence-electron chi connectivity index (χ4n) is 2.09. The lowest BCUT2D eigenvalue weighted by Gasteiger charge is -2.06.